The van der Waals surface area contributed by atoms with Crippen LogP contribution in [-0.2, 0) is 4.79 Å². The van der Waals surface area contributed by atoms with E-state index in [1.165, 1.54) is 0 Å². The molecule has 5 heteroatoms. The molecule has 3 nitrogen and oxygen atoms in total. The molecule has 0 radical (unpaired) electrons. The van der Waals surface area contributed by atoms with E-state index in [4.69, 9.17) is 4.74 Å². The summed E-state index contributed by atoms with van der Waals surface area (Å²) in [6, 6.07) is 5.78. The first-order valence-corrected chi connectivity index (χ1v) is 8.77. The molecule has 0 bridgehead atoms. The molecule has 1 amide bonds. The summed E-state index contributed by atoms with van der Waals surface area (Å²) in [6.07, 6.45) is 2.79. The van der Waals surface area contributed by atoms with Gasteiger partial charge in [0.2, 0.25) is 5.91 Å². The van der Waals surface area contributed by atoms with Crippen molar-refractivity contribution in [1.82, 2.24) is 4.90 Å². The number of halogens is 2. The Morgan fingerprint density at radius 1 is 1.45 bits per heavy atom. The van der Waals surface area contributed by atoms with Crippen LogP contribution in [-0.4, -0.2) is 28.8 Å². The fourth-order valence-electron chi connectivity index (χ4n) is 2.28. The number of benzene rings is 1. The molecule has 116 valence electrons. The van der Waals surface area contributed by atoms with Gasteiger partial charge in [0.1, 0.15) is 12.4 Å². The van der Waals surface area contributed by atoms with Crippen molar-refractivity contribution in [3.05, 3.63) is 34.3 Å². The monoisotopic (exact) mass is 425 g/mol. The minimum atomic E-state index is -0.134. The van der Waals surface area contributed by atoms with E-state index in [0.717, 1.165) is 21.5 Å². The summed E-state index contributed by atoms with van der Waals surface area (Å²) in [5.74, 6) is 6.51. The Morgan fingerprint density at radius 3 is 2.86 bits per heavy atom. The second-order valence-corrected chi connectivity index (χ2v) is 6.69. The minimum Gasteiger partial charge on any atom is -0.481 e. The summed E-state index contributed by atoms with van der Waals surface area (Å²) in [5.41, 5.74) is 1.93. The van der Waals surface area contributed by atoms with Gasteiger partial charge in [0.25, 0.3) is 0 Å². The highest BCUT2D eigenvalue weighted by molar-refractivity contribution is 9.10. The lowest BCUT2D eigenvalue weighted by Crippen LogP contribution is -2.38. The molecule has 1 unspecified atom stereocenters. The van der Waals surface area contributed by atoms with Gasteiger partial charge in [-0.05, 0) is 54.4 Å². The van der Waals surface area contributed by atoms with Crippen molar-refractivity contribution >= 4 is 43.5 Å². The molecule has 0 saturated carbocycles. The number of nitrogens with zero attached hydrogens (tertiary/aromatic N) is 1. The van der Waals surface area contributed by atoms with Gasteiger partial charge < -0.3 is 9.64 Å². The number of amides is 1. The van der Waals surface area contributed by atoms with Crippen molar-refractivity contribution in [2.45, 2.75) is 25.1 Å². The van der Waals surface area contributed by atoms with Gasteiger partial charge in [0, 0.05) is 22.3 Å². The zero-order valence-electron chi connectivity index (χ0n) is 12.5. The first-order valence-electron chi connectivity index (χ1n) is 7.06. The highest BCUT2D eigenvalue weighted by atomic mass is 79.9. The standard InChI is InChI=1S/C17H17Br2NO2/c1-3-5-10-22-12-6-7-13(15(19)11-12)16-9-8-14(18)17(21)20(16)4-2/h6-7,9,11,14H,4,8,10H2,1-2H3. The van der Waals surface area contributed by atoms with E-state index in [-0.39, 0.29) is 10.7 Å². The zero-order chi connectivity index (χ0) is 16.1. The summed E-state index contributed by atoms with van der Waals surface area (Å²) < 4.78 is 6.45. The average Bonchev–Trinajstić information content (AvgIpc) is 2.51. The third kappa shape index (κ3) is 3.74. The van der Waals surface area contributed by atoms with Crippen LogP contribution < -0.4 is 4.74 Å². The third-order valence-electron chi connectivity index (χ3n) is 3.36. The lowest BCUT2D eigenvalue weighted by molar-refractivity contribution is -0.127. The highest BCUT2D eigenvalue weighted by Crippen LogP contribution is 2.34. The maximum Gasteiger partial charge on any atom is 0.241 e. The maximum absolute atomic E-state index is 12.3. The third-order valence-corrected chi connectivity index (χ3v) is 4.79. The number of hydrogen-bond donors (Lipinski definition) is 0. The van der Waals surface area contributed by atoms with Gasteiger partial charge in [-0.3, -0.25) is 4.79 Å². The molecule has 2 rings (SSSR count). The summed E-state index contributed by atoms with van der Waals surface area (Å²) in [4.78, 5) is 13.9. The minimum absolute atomic E-state index is 0.102. The lowest BCUT2D eigenvalue weighted by Gasteiger charge is -2.31. The van der Waals surface area contributed by atoms with Crippen molar-refractivity contribution in [3.63, 3.8) is 0 Å². The molecule has 22 heavy (non-hydrogen) atoms. The van der Waals surface area contributed by atoms with Gasteiger partial charge in [-0.25, -0.2) is 0 Å². The molecule has 1 aromatic rings. The Balaban J connectivity index is 2.28. The van der Waals surface area contributed by atoms with E-state index in [1.807, 2.05) is 25.1 Å². The van der Waals surface area contributed by atoms with Gasteiger partial charge in [-0.1, -0.05) is 27.9 Å². The van der Waals surface area contributed by atoms with E-state index in [9.17, 15) is 4.79 Å². The molecule has 1 atom stereocenters. The fraction of sp³-hybridized carbons (Fsp3) is 0.353. The summed E-state index contributed by atoms with van der Waals surface area (Å²) in [6.45, 7) is 4.77. The van der Waals surface area contributed by atoms with Crippen molar-refractivity contribution in [2.24, 2.45) is 0 Å². The SMILES string of the molecule is CC#CCOc1ccc(C2=CCC(Br)C(=O)N2CC)c(Br)c1. The number of carbonyl (C=O) groups is 1. The number of rotatable bonds is 4. The molecule has 1 aliphatic heterocycles. The number of allylic oxidation sites excluding steroid dienone is 1. The van der Waals surface area contributed by atoms with Crippen LogP contribution in [0.5, 0.6) is 5.75 Å². The molecule has 1 aromatic carbocycles. The molecule has 0 spiro atoms. The number of hydrogen-bond acceptors (Lipinski definition) is 2. The topological polar surface area (TPSA) is 29.5 Å². The van der Waals surface area contributed by atoms with Crippen LogP contribution in [0.3, 0.4) is 0 Å². The van der Waals surface area contributed by atoms with Crippen molar-refractivity contribution in [2.75, 3.05) is 13.2 Å². The maximum atomic E-state index is 12.3. The number of carbonyl (C=O) groups excluding carboxylic acids is 1. The normalized spacial score (nSPS) is 17.6. The molecule has 1 heterocycles. The Bertz CT molecular complexity index is 658. The smallest absolute Gasteiger partial charge is 0.241 e. The molecular weight excluding hydrogens is 410 g/mol. The molecule has 0 aliphatic carbocycles. The van der Waals surface area contributed by atoms with E-state index < -0.39 is 0 Å². The van der Waals surface area contributed by atoms with Crippen molar-refractivity contribution in [3.8, 4) is 17.6 Å². The van der Waals surface area contributed by atoms with Crippen LogP contribution in [0.2, 0.25) is 0 Å². The van der Waals surface area contributed by atoms with E-state index >= 15 is 0 Å². The molecular formula is C17H17Br2NO2. The first-order chi connectivity index (χ1) is 10.6. The Morgan fingerprint density at radius 2 is 2.23 bits per heavy atom. The molecule has 0 fully saturated rings. The Hall–Kier alpha value is -1.25. The van der Waals surface area contributed by atoms with Crippen LogP contribution in [0.15, 0.2) is 28.7 Å². The highest BCUT2D eigenvalue weighted by Gasteiger charge is 2.28. The van der Waals surface area contributed by atoms with E-state index in [1.54, 1.807) is 11.8 Å². The quantitative estimate of drug-likeness (QED) is 0.533. The fourth-order valence-corrected chi connectivity index (χ4v) is 3.28. The van der Waals surface area contributed by atoms with Crippen molar-refractivity contribution < 1.29 is 9.53 Å². The van der Waals surface area contributed by atoms with Gasteiger partial charge >= 0.3 is 0 Å². The van der Waals surface area contributed by atoms with Gasteiger partial charge in [0.05, 0.1) is 4.83 Å². The van der Waals surface area contributed by atoms with E-state index in [2.05, 4.69) is 49.8 Å². The first kappa shape index (κ1) is 17.1. The van der Waals surface area contributed by atoms with E-state index in [0.29, 0.717) is 19.6 Å². The predicted molar refractivity (Wildman–Crippen MR) is 95.8 cm³/mol. The number of ether oxygens (including phenoxy) is 1. The van der Waals surface area contributed by atoms with Gasteiger partial charge in [-0.15, -0.1) is 5.92 Å². The second-order valence-electron chi connectivity index (χ2n) is 4.73. The van der Waals surface area contributed by atoms with Crippen LogP contribution in [0.25, 0.3) is 5.70 Å². The summed E-state index contributed by atoms with van der Waals surface area (Å²) >= 11 is 7.00. The largest absolute Gasteiger partial charge is 0.481 e. The van der Waals surface area contributed by atoms with Gasteiger partial charge in [0.15, 0.2) is 0 Å². The molecule has 0 aromatic heterocycles. The zero-order valence-corrected chi connectivity index (χ0v) is 15.7. The average molecular weight is 427 g/mol. The van der Waals surface area contributed by atoms with Crippen LogP contribution in [0.4, 0.5) is 0 Å². The lowest BCUT2D eigenvalue weighted by atomic mass is 10.0. The molecule has 0 N–H and O–H groups in total. The molecule has 0 saturated heterocycles. The van der Waals surface area contributed by atoms with Crippen LogP contribution in [0, 0.1) is 11.8 Å². The Labute approximate surface area is 148 Å². The number of alkyl halides is 1. The van der Waals surface area contributed by atoms with Crippen LogP contribution >= 0.6 is 31.9 Å². The summed E-state index contributed by atoms with van der Waals surface area (Å²) in [7, 11) is 0. The van der Waals surface area contributed by atoms with Gasteiger partial charge in [-0.2, -0.15) is 0 Å². The Kier molecular flexibility index (Phi) is 6.10. The van der Waals surface area contributed by atoms with Crippen LogP contribution in [0.1, 0.15) is 25.8 Å². The van der Waals surface area contributed by atoms with Crippen molar-refractivity contribution in [1.29, 1.82) is 0 Å². The predicted octanol–water partition coefficient (Wildman–Crippen LogP) is 4.21. The second kappa shape index (κ2) is 7.85. The molecule has 1 aliphatic rings. The summed E-state index contributed by atoms with van der Waals surface area (Å²) in [5, 5.41) is 0.